The zero-order valence-electron chi connectivity index (χ0n) is 13.6. The summed E-state index contributed by atoms with van der Waals surface area (Å²) in [6.07, 6.45) is 9.20. The molecule has 1 fully saturated rings. The van der Waals surface area contributed by atoms with Crippen molar-refractivity contribution in [1.82, 2.24) is 10.3 Å². The predicted molar refractivity (Wildman–Crippen MR) is 87.2 cm³/mol. The molecule has 0 bridgehead atoms. The molecule has 3 N–H and O–H groups in total. The van der Waals surface area contributed by atoms with E-state index in [0.717, 1.165) is 43.0 Å². The minimum atomic E-state index is -0.0711. The van der Waals surface area contributed by atoms with E-state index < -0.39 is 0 Å². The standard InChI is InChI=1S/C17H29N3O/c1-4-21-17(8-5-13(2)6-9-17)16(19-3)11-14-12-20-10-7-15(14)18/h7,10,12-13,16,19H,4-6,8-9,11H2,1-3H3,(H2,18,20). The van der Waals surface area contributed by atoms with E-state index in [-0.39, 0.29) is 11.6 Å². The van der Waals surface area contributed by atoms with Crippen LogP contribution < -0.4 is 11.1 Å². The smallest absolute Gasteiger partial charge is 0.0837 e. The first kappa shape index (κ1) is 16.2. The number of pyridine rings is 1. The van der Waals surface area contributed by atoms with Crippen LogP contribution in [0.1, 0.15) is 45.1 Å². The predicted octanol–water partition coefficient (Wildman–Crippen LogP) is 2.78. The minimum Gasteiger partial charge on any atom is -0.398 e. The summed E-state index contributed by atoms with van der Waals surface area (Å²) in [5, 5.41) is 3.48. The molecule has 0 aliphatic heterocycles. The van der Waals surface area contributed by atoms with Crippen molar-refractivity contribution in [3.63, 3.8) is 0 Å². The number of anilines is 1. The molecule has 1 aromatic rings. The van der Waals surface area contributed by atoms with Gasteiger partial charge in [0.2, 0.25) is 0 Å². The van der Waals surface area contributed by atoms with Gasteiger partial charge in [0.15, 0.2) is 0 Å². The van der Waals surface area contributed by atoms with E-state index >= 15 is 0 Å². The fourth-order valence-electron chi connectivity index (χ4n) is 3.51. The highest BCUT2D eigenvalue weighted by Crippen LogP contribution is 2.38. The number of aromatic nitrogens is 1. The molecule has 2 rings (SSSR count). The van der Waals surface area contributed by atoms with Crippen molar-refractivity contribution in [2.75, 3.05) is 19.4 Å². The van der Waals surface area contributed by atoms with Crippen molar-refractivity contribution in [2.24, 2.45) is 5.92 Å². The molecule has 0 saturated heterocycles. The quantitative estimate of drug-likeness (QED) is 0.846. The van der Waals surface area contributed by atoms with Gasteiger partial charge in [-0.25, -0.2) is 0 Å². The normalized spacial score (nSPS) is 27.5. The second-order valence-electron chi connectivity index (χ2n) is 6.30. The number of nitrogens with zero attached hydrogens (tertiary/aromatic N) is 1. The third-order valence-corrected chi connectivity index (χ3v) is 4.90. The van der Waals surface area contributed by atoms with Gasteiger partial charge in [0, 0.05) is 30.7 Å². The van der Waals surface area contributed by atoms with Gasteiger partial charge in [-0.2, -0.15) is 0 Å². The summed E-state index contributed by atoms with van der Waals surface area (Å²) in [6, 6.07) is 2.15. The summed E-state index contributed by atoms with van der Waals surface area (Å²) in [4.78, 5) is 4.21. The van der Waals surface area contributed by atoms with Gasteiger partial charge in [-0.3, -0.25) is 4.98 Å². The Morgan fingerprint density at radius 1 is 1.48 bits per heavy atom. The SMILES string of the molecule is CCOC1(C(Cc2cnccc2N)NC)CCC(C)CC1. The summed E-state index contributed by atoms with van der Waals surface area (Å²) in [5.41, 5.74) is 7.94. The Labute approximate surface area is 128 Å². The lowest BCUT2D eigenvalue weighted by Crippen LogP contribution is -2.54. The van der Waals surface area contributed by atoms with Gasteiger partial charge in [-0.15, -0.1) is 0 Å². The lowest BCUT2D eigenvalue weighted by Gasteiger charge is -2.45. The van der Waals surface area contributed by atoms with Crippen LogP contribution in [0, 0.1) is 5.92 Å². The first-order chi connectivity index (χ1) is 10.1. The van der Waals surface area contributed by atoms with Crippen LogP contribution in [0.15, 0.2) is 18.5 Å². The minimum absolute atomic E-state index is 0.0711. The number of hydrogen-bond donors (Lipinski definition) is 2. The molecule has 1 saturated carbocycles. The molecular formula is C17H29N3O. The van der Waals surface area contributed by atoms with E-state index in [0.29, 0.717) is 0 Å². The van der Waals surface area contributed by atoms with Crippen LogP contribution in [0.4, 0.5) is 5.69 Å². The molecule has 1 aromatic heterocycles. The number of nitrogen functional groups attached to an aromatic ring is 1. The van der Waals surface area contributed by atoms with E-state index in [1.807, 2.05) is 19.3 Å². The maximum absolute atomic E-state index is 6.26. The van der Waals surface area contributed by atoms with Gasteiger partial charge in [-0.05, 0) is 63.6 Å². The highest BCUT2D eigenvalue weighted by molar-refractivity contribution is 5.44. The van der Waals surface area contributed by atoms with Gasteiger partial charge in [0.25, 0.3) is 0 Å². The second-order valence-corrected chi connectivity index (χ2v) is 6.30. The molecule has 0 aromatic carbocycles. The maximum atomic E-state index is 6.26. The third-order valence-electron chi connectivity index (χ3n) is 4.90. The first-order valence-corrected chi connectivity index (χ1v) is 8.11. The first-order valence-electron chi connectivity index (χ1n) is 8.11. The molecule has 1 atom stereocenters. The average Bonchev–Trinajstić information content (AvgIpc) is 2.49. The molecule has 0 amide bonds. The number of nitrogens with one attached hydrogen (secondary N) is 1. The molecule has 118 valence electrons. The monoisotopic (exact) mass is 291 g/mol. The molecule has 1 aliphatic rings. The van der Waals surface area contributed by atoms with E-state index in [9.17, 15) is 0 Å². The van der Waals surface area contributed by atoms with Crippen molar-refractivity contribution >= 4 is 5.69 Å². The summed E-state index contributed by atoms with van der Waals surface area (Å²) in [7, 11) is 2.02. The van der Waals surface area contributed by atoms with E-state index in [1.165, 1.54) is 12.8 Å². The van der Waals surface area contributed by atoms with E-state index in [1.54, 1.807) is 6.20 Å². The van der Waals surface area contributed by atoms with E-state index in [4.69, 9.17) is 10.5 Å². The molecule has 21 heavy (non-hydrogen) atoms. The molecule has 1 heterocycles. The largest absolute Gasteiger partial charge is 0.398 e. The fourth-order valence-corrected chi connectivity index (χ4v) is 3.51. The van der Waals surface area contributed by atoms with Crippen molar-refractivity contribution in [3.05, 3.63) is 24.0 Å². The van der Waals surface area contributed by atoms with Crippen LogP contribution in [-0.4, -0.2) is 30.3 Å². The van der Waals surface area contributed by atoms with Crippen LogP contribution in [0.5, 0.6) is 0 Å². The van der Waals surface area contributed by atoms with Gasteiger partial charge in [0.1, 0.15) is 0 Å². The molecule has 1 aliphatic carbocycles. The Bertz CT molecular complexity index is 441. The van der Waals surface area contributed by atoms with Crippen molar-refractivity contribution in [1.29, 1.82) is 0 Å². The zero-order chi connectivity index (χ0) is 15.3. The Morgan fingerprint density at radius 3 is 2.76 bits per heavy atom. The molecule has 0 radical (unpaired) electrons. The van der Waals surface area contributed by atoms with Gasteiger partial charge in [-0.1, -0.05) is 6.92 Å². The molecular weight excluding hydrogens is 262 g/mol. The summed E-state index contributed by atoms with van der Waals surface area (Å²) < 4.78 is 6.26. The Morgan fingerprint density at radius 2 is 2.19 bits per heavy atom. The summed E-state index contributed by atoms with van der Waals surface area (Å²) in [6.45, 7) is 5.18. The summed E-state index contributed by atoms with van der Waals surface area (Å²) >= 11 is 0. The molecule has 4 heteroatoms. The average molecular weight is 291 g/mol. The van der Waals surface area contributed by atoms with Crippen LogP contribution >= 0.6 is 0 Å². The zero-order valence-corrected chi connectivity index (χ0v) is 13.6. The Hall–Kier alpha value is -1.13. The van der Waals surface area contributed by atoms with Crippen LogP contribution in [0.25, 0.3) is 0 Å². The Kier molecular flexibility index (Phi) is 5.59. The second kappa shape index (κ2) is 7.23. The van der Waals surface area contributed by atoms with Gasteiger partial charge < -0.3 is 15.8 Å². The van der Waals surface area contributed by atoms with Gasteiger partial charge >= 0.3 is 0 Å². The fraction of sp³-hybridized carbons (Fsp3) is 0.706. The lowest BCUT2D eigenvalue weighted by atomic mass is 9.73. The summed E-state index contributed by atoms with van der Waals surface area (Å²) in [5.74, 6) is 0.805. The van der Waals surface area contributed by atoms with Crippen molar-refractivity contribution < 1.29 is 4.74 Å². The van der Waals surface area contributed by atoms with Crippen LogP contribution in [0.3, 0.4) is 0 Å². The molecule has 0 spiro atoms. The lowest BCUT2D eigenvalue weighted by molar-refractivity contribution is -0.0947. The highest BCUT2D eigenvalue weighted by atomic mass is 16.5. The van der Waals surface area contributed by atoms with E-state index in [2.05, 4.69) is 24.1 Å². The number of ether oxygens (including phenoxy) is 1. The number of rotatable bonds is 6. The number of nitrogens with two attached hydrogens (primary N) is 1. The third kappa shape index (κ3) is 3.74. The maximum Gasteiger partial charge on any atom is 0.0837 e. The number of hydrogen-bond acceptors (Lipinski definition) is 4. The van der Waals surface area contributed by atoms with Crippen molar-refractivity contribution in [3.8, 4) is 0 Å². The van der Waals surface area contributed by atoms with Crippen molar-refractivity contribution in [2.45, 2.75) is 57.6 Å². The highest BCUT2D eigenvalue weighted by Gasteiger charge is 2.41. The Balaban J connectivity index is 2.18. The molecule has 4 nitrogen and oxygen atoms in total. The van der Waals surface area contributed by atoms with Crippen LogP contribution in [-0.2, 0) is 11.2 Å². The number of likely N-dealkylation sites (N-methyl/N-ethyl adjacent to an activating group) is 1. The van der Waals surface area contributed by atoms with Crippen LogP contribution in [0.2, 0.25) is 0 Å². The van der Waals surface area contributed by atoms with Gasteiger partial charge in [0.05, 0.1) is 5.60 Å². The molecule has 1 unspecified atom stereocenters. The topological polar surface area (TPSA) is 60.2 Å².